The number of aliphatic hydroxyl groups is 1. The first kappa shape index (κ1) is 15.3. The fourth-order valence-corrected chi connectivity index (χ4v) is 2.03. The lowest BCUT2D eigenvalue weighted by Gasteiger charge is -2.22. The van der Waals surface area contributed by atoms with E-state index in [0.717, 1.165) is 6.07 Å². The van der Waals surface area contributed by atoms with Crippen LogP contribution in [0.1, 0.15) is 17.2 Å². The maximum atomic E-state index is 13.0. The van der Waals surface area contributed by atoms with E-state index in [0.29, 0.717) is 5.69 Å². The van der Waals surface area contributed by atoms with Crippen LogP contribution < -0.4 is 5.32 Å². The van der Waals surface area contributed by atoms with Crippen molar-refractivity contribution in [1.29, 1.82) is 0 Å². The summed E-state index contributed by atoms with van der Waals surface area (Å²) in [6.07, 6.45) is -4.51. The van der Waals surface area contributed by atoms with Crippen LogP contribution in [0.15, 0.2) is 48.5 Å². The Labute approximate surface area is 119 Å². The fourth-order valence-electron chi connectivity index (χ4n) is 2.03. The fraction of sp³-hybridized carbons (Fsp3) is 0.200. The summed E-state index contributed by atoms with van der Waals surface area (Å²) in [7, 11) is 0. The van der Waals surface area contributed by atoms with Gasteiger partial charge < -0.3 is 10.4 Å². The summed E-state index contributed by atoms with van der Waals surface area (Å²) < 4.78 is 51.8. The van der Waals surface area contributed by atoms with E-state index in [9.17, 15) is 22.7 Å². The van der Waals surface area contributed by atoms with E-state index in [1.807, 2.05) is 0 Å². The molecule has 2 aromatic rings. The molecule has 0 heterocycles. The van der Waals surface area contributed by atoms with Gasteiger partial charge in [-0.25, -0.2) is 4.39 Å². The SMILES string of the molecule is OCC(Nc1ccc(F)cc1)c1ccccc1C(F)(F)F. The highest BCUT2D eigenvalue weighted by Gasteiger charge is 2.34. The van der Waals surface area contributed by atoms with Gasteiger partial charge in [-0.05, 0) is 35.9 Å². The second kappa shape index (κ2) is 6.13. The van der Waals surface area contributed by atoms with Crippen LogP contribution in [0.2, 0.25) is 0 Å². The van der Waals surface area contributed by atoms with E-state index in [2.05, 4.69) is 5.32 Å². The molecular weight excluding hydrogens is 286 g/mol. The Morgan fingerprint density at radius 1 is 1.00 bits per heavy atom. The van der Waals surface area contributed by atoms with Gasteiger partial charge >= 0.3 is 6.18 Å². The van der Waals surface area contributed by atoms with Crippen molar-refractivity contribution < 1.29 is 22.7 Å². The number of hydrogen-bond donors (Lipinski definition) is 2. The van der Waals surface area contributed by atoms with Crippen LogP contribution in [0, 0.1) is 5.82 Å². The third kappa shape index (κ3) is 3.72. The number of aliphatic hydroxyl groups excluding tert-OH is 1. The molecular formula is C15H13F4NO. The van der Waals surface area contributed by atoms with Crippen LogP contribution in [0.5, 0.6) is 0 Å². The summed E-state index contributed by atoms with van der Waals surface area (Å²) in [5.41, 5.74) is -0.442. The standard InChI is InChI=1S/C15H13F4NO/c16-10-5-7-11(8-6-10)20-14(9-21)12-3-1-2-4-13(12)15(17,18)19/h1-8,14,20-21H,9H2. The topological polar surface area (TPSA) is 32.3 Å². The summed E-state index contributed by atoms with van der Waals surface area (Å²) >= 11 is 0. The molecule has 0 bridgehead atoms. The molecule has 0 amide bonds. The van der Waals surface area contributed by atoms with Crippen molar-refractivity contribution in [3.05, 3.63) is 65.5 Å². The van der Waals surface area contributed by atoms with Crippen LogP contribution in [-0.2, 0) is 6.18 Å². The second-order valence-electron chi connectivity index (χ2n) is 4.47. The number of anilines is 1. The number of benzene rings is 2. The lowest BCUT2D eigenvalue weighted by Crippen LogP contribution is -2.20. The van der Waals surface area contributed by atoms with Crippen molar-refractivity contribution in [3.8, 4) is 0 Å². The highest BCUT2D eigenvalue weighted by atomic mass is 19.4. The van der Waals surface area contributed by atoms with E-state index >= 15 is 0 Å². The highest BCUT2D eigenvalue weighted by molar-refractivity contribution is 5.47. The van der Waals surface area contributed by atoms with Gasteiger partial charge in [0.15, 0.2) is 0 Å². The average Bonchev–Trinajstić information content (AvgIpc) is 2.46. The molecule has 2 N–H and O–H groups in total. The van der Waals surface area contributed by atoms with Crippen molar-refractivity contribution in [2.24, 2.45) is 0 Å². The third-order valence-electron chi connectivity index (χ3n) is 3.01. The minimum atomic E-state index is -4.51. The van der Waals surface area contributed by atoms with Gasteiger partial charge in [0, 0.05) is 5.69 Å². The first-order valence-corrected chi connectivity index (χ1v) is 6.21. The van der Waals surface area contributed by atoms with Crippen molar-refractivity contribution in [2.75, 3.05) is 11.9 Å². The zero-order chi connectivity index (χ0) is 15.5. The Kier molecular flexibility index (Phi) is 4.47. The van der Waals surface area contributed by atoms with Crippen molar-refractivity contribution in [1.82, 2.24) is 0 Å². The number of nitrogens with one attached hydrogen (secondary N) is 1. The molecule has 0 aliphatic heterocycles. The van der Waals surface area contributed by atoms with E-state index in [-0.39, 0.29) is 5.56 Å². The van der Waals surface area contributed by atoms with Gasteiger partial charge in [0.2, 0.25) is 0 Å². The minimum absolute atomic E-state index is 0.0585. The molecule has 0 spiro atoms. The quantitative estimate of drug-likeness (QED) is 0.837. The highest BCUT2D eigenvalue weighted by Crippen LogP contribution is 2.35. The van der Waals surface area contributed by atoms with E-state index in [1.165, 1.54) is 42.5 Å². The van der Waals surface area contributed by atoms with Crippen molar-refractivity contribution in [3.63, 3.8) is 0 Å². The van der Waals surface area contributed by atoms with Gasteiger partial charge in [0.25, 0.3) is 0 Å². The predicted molar refractivity (Wildman–Crippen MR) is 71.3 cm³/mol. The van der Waals surface area contributed by atoms with Crippen LogP contribution >= 0.6 is 0 Å². The zero-order valence-corrected chi connectivity index (χ0v) is 10.9. The van der Waals surface area contributed by atoms with Crippen LogP contribution in [-0.4, -0.2) is 11.7 Å². The van der Waals surface area contributed by atoms with E-state index in [4.69, 9.17) is 0 Å². The Morgan fingerprint density at radius 3 is 2.19 bits per heavy atom. The molecule has 6 heteroatoms. The molecule has 0 saturated carbocycles. The molecule has 0 aliphatic rings. The van der Waals surface area contributed by atoms with Gasteiger partial charge in [0.1, 0.15) is 5.82 Å². The molecule has 1 atom stereocenters. The third-order valence-corrected chi connectivity index (χ3v) is 3.01. The average molecular weight is 299 g/mol. The van der Waals surface area contributed by atoms with E-state index in [1.54, 1.807) is 0 Å². The lowest BCUT2D eigenvalue weighted by molar-refractivity contribution is -0.138. The largest absolute Gasteiger partial charge is 0.416 e. The summed E-state index contributed by atoms with van der Waals surface area (Å²) in [4.78, 5) is 0. The zero-order valence-electron chi connectivity index (χ0n) is 10.9. The van der Waals surface area contributed by atoms with Gasteiger partial charge in [-0.3, -0.25) is 0 Å². The summed E-state index contributed by atoms with van der Waals surface area (Å²) in [6.45, 7) is -0.523. The number of hydrogen-bond acceptors (Lipinski definition) is 2. The summed E-state index contributed by atoms with van der Waals surface area (Å²) in [5.74, 6) is -0.447. The maximum absolute atomic E-state index is 13.0. The number of rotatable bonds is 4. The minimum Gasteiger partial charge on any atom is -0.394 e. The Hall–Kier alpha value is -2.08. The number of alkyl halides is 3. The molecule has 0 radical (unpaired) electrons. The normalized spacial score (nSPS) is 13.0. The molecule has 0 aliphatic carbocycles. The first-order valence-electron chi connectivity index (χ1n) is 6.21. The molecule has 2 rings (SSSR count). The summed E-state index contributed by atoms with van der Waals surface area (Å²) in [6, 6.07) is 9.26. The Bertz CT molecular complexity index is 595. The van der Waals surface area contributed by atoms with Gasteiger partial charge in [-0.2, -0.15) is 13.2 Å². The Balaban J connectivity index is 2.32. The molecule has 21 heavy (non-hydrogen) atoms. The van der Waals surface area contributed by atoms with Crippen LogP contribution in [0.4, 0.5) is 23.2 Å². The number of halogens is 4. The van der Waals surface area contributed by atoms with Gasteiger partial charge in [-0.15, -0.1) is 0 Å². The Morgan fingerprint density at radius 2 is 1.62 bits per heavy atom. The van der Waals surface area contributed by atoms with Crippen molar-refractivity contribution in [2.45, 2.75) is 12.2 Å². The molecule has 112 valence electrons. The van der Waals surface area contributed by atoms with Crippen molar-refractivity contribution >= 4 is 5.69 Å². The van der Waals surface area contributed by atoms with Crippen LogP contribution in [0.25, 0.3) is 0 Å². The molecule has 0 aromatic heterocycles. The summed E-state index contributed by atoms with van der Waals surface area (Å²) in [5, 5.41) is 12.1. The molecule has 1 unspecified atom stereocenters. The van der Waals surface area contributed by atoms with E-state index < -0.39 is 30.2 Å². The van der Waals surface area contributed by atoms with Gasteiger partial charge in [0.05, 0.1) is 18.2 Å². The first-order chi connectivity index (χ1) is 9.91. The van der Waals surface area contributed by atoms with Crippen LogP contribution in [0.3, 0.4) is 0 Å². The smallest absolute Gasteiger partial charge is 0.394 e. The van der Waals surface area contributed by atoms with Gasteiger partial charge in [-0.1, -0.05) is 18.2 Å². The monoisotopic (exact) mass is 299 g/mol. The second-order valence-corrected chi connectivity index (χ2v) is 4.47. The maximum Gasteiger partial charge on any atom is 0.416 e. The molecule has 2 aromatic carbocycles. The molecule has 2 nitrogen and oxygen atoms in total. The predicted octanol–water partition coefficient (Wildman–Crippen LogP) is 3.99. The molecule has 0 fully saturated rings. The lowest BCUT2D eigenvalue weighted by atomic mass is 10.00. The molecule has 0 saturated heterocycles.